The van der Waals surface area contributed by atoms with Crippen molar-refractivity contribution in [2.75, 3.05) is 0 Å². The van der Waals surface area contributed by atoms with Gasteiger partial charge in [0.05, 0.1) is 6.10 Å². The van der Waals surface area contributed by atoms with E-state index in [4.69, 9.17) is 5.11 Å². The topological polar surface area (TPSA) is 20.2 Å². The fourth-order valence-corrected chi connectivity index (χ4v) is 0.811. The monoisotopic (exact) mass is 129 g/mol. The van der Waals surface area contributed by atoms with Gasteiger partial charge in [0, 0.05) is 0 Å². The highest BCUT2D eigenvalue weighted by Crippen LogP contribution is 2.25. The fourth-order valence-electron chi connectivity index (χ4n) is 0.811. The molecular weight excluding hydrogens is 112 g/mol. The second-order valence-electron chi connectivity index (χ2n) is 3.25. The molecule has 1 radical (unpaired) electrons. The highest BCUT2D eigenvalue weighted by atomic mass is 16.3. The van der Waals surface area contributed by atoms with Gasteiger partial charge in [-0.1, -0.05) is 27.2 Å². The Morgan fingerprint density at radius 1 is 1.56 bits per heavy atom. The van der Waals surface area contributed by atoms with Gasteiger partial charge in [-0.25, -0.2) is 0 Å². The zero-order valence-corrected chi connectivity index (χ0v) is 6.65. The lowest BCUT2D eigenvalue weighted by atomic mass is 9.83. The molecule has 0 bridgehead atoms. The molecule has 0 aliphatic rings. The molecule has 0 spiro atoms. The fraction of sp³-hybridized carbons (Fsp3) is 0.875. The normalized spacial score (nSPS) is 15.7. The van der Waals surface area contributed by atoms with Gasteiger partial charge in [0.2, 0.25) is 0 Å². The first-order valence-corrected chi connectivity index (χ1v) is 3.52. The summed E-state index contributed by atoms with van der Waals surface area (Å²) in [6, 6.07) is 0. The summed E-state index contributed by atoms with van der Waals surface area (Å²) >= 11 is 0. The minimum Gasteiger partial charge on any atom is -0.393 e. The molecule has 1 unspecified atom stereocenters. The number of aliphatic hydroxyl groups excluding tert-OH is 1. The van der Waals surface area contributed by atoms with Crippen molar-refractivity contribution in [3.8, 4) is 0 Å². The SMILES string of the molecule is [CH2]C(O)C(C)(C)CCC. The molecule has 1 heteroatoms. The molecule has 0 amide bonds. The van der Waals surface area contributed by atoms with Crippen LogP contribution in [0.3, 0.4) is 0 Å². The molecule has 1 N–H and O–H groups in total. The Hall–Kier alpha value is -0.0400. The van der Waals surface area contributed by atoms with Gasteiger partial charge in [-0.3, -0.25) is 0 Å². The molecular formula is C8H17O. The zero-order valence-electron chi connectivity index (χ0n) is 6.65. The third-order valence-corrected chi connectivity index (χ3v) is 1.80. The number of aliphatic hydroxyl groups is 1. The van der Waals surface area contributed by atoms with Gasteiger partial charge in [-0.15, -0.1) is 0 Å². The van der Waals surface area contributed by atoms with Crippen LogP contribution in [-0.4, -0.2) is 11.2 Å². The predicted molar refractivity (Wildman–Crippen MR) is 40.1 cm³/mol. The third kappa shape index (κ3) is 2.85. The standard InChI is InChI=1S/C8H17O/c1-5-6-8(3,4)7(2)9/h7,9H,2,5-6H2,1,3-4H3. The van der Waals surface area contributed by atoms with Gasteiger partial charge < -0.3 is 5.11 Å². The highest BCUT2D eigenvalue weighted by Gasteiger charge is 2.22. The Morgan fingerprint density at radius 2 is 2.00 bits per heavy atom. The molecule has 0 saturated heterocycles. The van der Waals surface area contributed by atoms with E-state index in [1.165, 1.54) is 0 Å². The number of rotatable bonds is 3. The van der Waals surface area contributed by atoms with Crippen LogP contribution >= 0.6 is 0 Å². The molecule has 0 rings (SSSR count). The summed E-state index contributed by atoms with van der Waals surface area (Å²) < 4.78 is 0. The van der Waals surface area contributed by atoms with Crippen molar-refractivity contribution >= 4 is 0 Å². The molecule has 9 heavy (non-hydrogen) atoms. The maximum Gasteiger partial charge on any atom is 0.0592 e. The van der Waals surface area contributed by atoms with E-state index in [1.807, 2.05) is 13.8 Å². The van der Waals surface area contributed by atoms with Crippen LogP contribution in [0.5, 0.6) is 0 Å². The molecule has 0 saturated carbocycles. The largest absolute Gasteiger partial charge is 0.393 e. The minimum atomic E-state index is -0.433. The molecule has 0 heterocycles. The van der Waals surface area contributed by atoms with Crippen LogP contribution in [-0.2, 0) is 0 Å². The highest BCUT2D eigenvalue weighted by molar-refractivity contribution is 4.78. The van der Waals surface area contributed by atoms with E-state index in [1.54, 1.807) is 0 Å². The van der Waals surface area contributed by atoms with Gasteiger partial charge in [-0.2, -0.15) is 0 Å². The molecule has 0 aromatic carbocycles. The van der Waals surface area contributed by atoms with E-state index in [0.717, 1.165) is 12.8 Å². The summed E-state index contributed by atoms with van der Waals surface area (Å²) in [4.78, 5) is 0. The van der Waals surface area contributed by atoms with Crippen LogP contribution in [0.25, 0.3) is 0 Å². The molecule has 0 aromatic heterocycles. The molecule has 0 aliphatic carbocycles. The lowest BCUT2D eigenvalue weighted by Crippen LogP contribution is -2.26. The van der Waals surface area contributed by atoms with Gasteiger partial charge in [0.1, 0.15) is 0 Å². The summed E-state index contributed by atoms with van der Waals surface area (Å²) in [6.45, 7) is 9.77. The van der Waals surface area contributed by atoms with Crippen molar-refractivity contribution in [2.45, 2.75) is 39.7 Å². The Kier molecular flexibility index (Phi) is 3.20. The van der Waals surface area contributed by atoms with E-state index >= 15 is 0 Å². The summed E-state index contributed by atoms with van der Waals surface area (Å²) in [5, 5.41) is 9.10. The van der Waals surface area contributed by atoms with Crippen LogP contribution in [0.4, 0.5) is 0 Å². The molecule has 55 valence electrons. The van der Waals surface area contributed by atoms with Gasteiger partial charge in [-0.05, 0) is 18.8 Å². The Balaban J connectivity index is 3.70. The number of hydrogen-bond donors (Lipinski definition) is 1. The Morgan fingerprint density at radius 3 is 2.11 bits per heavy atom. The first-order chi connectivity index (χ1) is 4.00. The molecule has 1 atom stereocenters. The van der Waals surface area contributed by atoms with Gasteiger partial charge in [0.15, 0.2) is 0 Å². The molecule has 0 fully saturated rings. The van der Waals surface area contributed by atoms with Gasteiger partial charge in [0.25, 0.3) is 0 Å². The van der Waals surface area contributed by atoms with E-state index in [2.05, 4.69) is 13.8 Å². The average molecular weight is 129 g/mol. The van der Waals surface area contributed by atoms with Crippen LogP contribution in [0, 0.1) is 12.3 Å². The average Bonchev–Trinajstić information content (AvgIpc) is 1.65. The van der Waals surface area contributed by atoms with Crippen molar-refractivity contribution in [1.29, 1.82) is 0 Å². The minimum absolute atomic E-state index is 0.00521. The van der Waals surface area contributed by atoms with Crippen LogP contribution < -0.4 is 0 Å². The second-order valence-corrected chi connectivity index (χ2v) is 3.25. The van der Waals surface area contributed by atoms with Crippen molar-refractivity contribution < 1.29 is 5.11 Å². The maximum atomic E-state index is 9.10. The van der Waals surface area contributed by atoms with E-state index in [0.29, 0.717) is 0 Å². The van der Waals surface area contributed by atoms with Crippen LogP contribution in [0.2, 0.25) is 0 Å². The third-order valence-electron chi connectivity index (χ3n) is 1.80. The maximum absolute atomic E-state index is 9.10. The first kappa shape index (κ1) is 8.96. The zero-order chi connectivity index (χ0) is 7.49. The summed E-state index contributed by atoms with van der Waals surface area (Å²) in [7, 11) is 0. The lowest BCUT2D eigenvalue weighted by Gasteiger charge is -2.26. The summed E-state index contributed by atoms with van der Waals surface area (Å²) in [6.07, 6.45) is 1.72. The Labute approximate surface area is 58.1 Å². The van der Waals surface area contributed by atoms with Crippen LogP contribution in [0.1, 0.15) is 33.6 Å². The van der Waals surface area contributed by atoms with E-state index in [9.17, 15) is 0 Å². The van der Waals surface area contributed by atoms with Crippen molar-refractivity contribution in [1.82, 2.24) is 0 Å². The van der Waals surface area contributed by atoms with E-state index < -0.39 is 6.10 Å². The quantitative estimate of drug-likeness (QED) is 0.618. The lowest BCUT2D eigenvalue weighted by molar-refractivity contribution is 0.0805. The van der Waals surface area contributed by atoms with Crippen molar-refractivity contribution in [3.05, 3.63) is 6.92 Å². The Bertz CT molecular complexity index is 74.6. The van der Waals surface area contributed by atoms with Gasteiger partial charge >= 0.3 is 0 Å². The first-order valence-electron chi connectivity index (χ1n) is 3.52. The molecule has 0 aliphatic heterocycles. The van der Waals surface area contributed by atoms with Crippen molar-refractivity contribution in [2.24, 2.45) is 5.41 Å². The summed E-state index contributed by atoms with van der Waals surface area (Å²) in [5.74, 6) is 0. The smallest absolute Gasteiger partial charge is 0.0592 e. The molecule has 1 nitrogen and oxygen atoms in total. The predicted octanol–water partition coefficient (Wildman–Crippen LogP) is 2.01. The molecule has 0 aromatic rings. The number of hydrogen-bond acceptors (Lipinski definition) is 1. The summed E-state index contributed by atoms with van der Waals surface area (Å²) in [5.41, 5.74) is -0.00521. The van der Waals surface area contributed by atoms with Crippen LogP contribution in [0.15, 0.2) is 0 Å². The second kappa shape index (κ2) is 3.21. The van der Waals surface area contributed by atoms with E-state index in [-0.39, 0.29) is 5.41 Å². The van der Waals surface area contributed by atoms with Crippen molar-refractivity contribution in [3.63, 3.8) is 0 Å².